The highest BCUT2D eigenvalue weighted by Gasteiger charge is 2.23. The van der Waals surface area contributed by atoms with Gasteiger partial charge < -0.3 is 5.11 Å². The van der Waals surface area contributed by atoms with Gasteiger partial charge in [-0.2, -0.15) is 0 Å². The van der Waals surface area contributed by atoms with Crippen LogP contribution in [0.1, 0.15) is 96.9 Å². The third-order valence-electron chi connectivity index (χ3n) is 10.2. The van der Waals surface area contributed by atoms with Crippen molar-refractivity contribution in [2.75, 3.05) is 0 Å². The minimum absolute atomic E-state index is 0.0260. The molecule has 0 radical (unpaired) electrons. The molecule has 2 aromatic heterocycles. The van der Waals surface area contributed by atoms with E-state index in [1.54, 1.807) is 24.3 Å². The Bertz CT molecular complexity index is 3290. The average Bonchev–Trinajstić information content (AvgIpc) is 3.68. The van der Waals surface area contributed by atoms with Crippen LogP contribution in [0.2, 0.25) is 0 Å². The predicted octanol–water partition coefficient (Wildman–Crippen LogP) is 14.2. The highest BCUT2D eigenvalue weighted by Crippen LogP contribution is 2.41. The molecule has 0 saturated carbocycles. The lowest BCUT2D eigenvalue weighted by Crippen LogP contribution is -2.11. The van der Waals surface area contributed by atoms with Crippen LogP contribution in [0.5, 0.6) is 5.75 Å². The van der Waals surface area contributed by atoms with E-state index < -0.39 is 67.0 Å². The van der Waals surface area contributed by atoms with Gasteiger partial charge in [0.05, 0.1) is 27.8 Å². The number of nitrogens with zero attached hydrogens (tertiary/aromatic N) is 3. The molecule has 0 bridgehead atoms. The Labute approximate surface area is 357 Å². The maximum absolute atomic E-state index is 11.3. The average molecular weight is 760 g/mol. The molecule has 4 nitrogen and oxygen atoms in total. The quantitative estimate of drug-likeness (QED) is 0.176. The molecule has 57 heavy (non-hydrogen) atoms. The Balaban J connectivity index is 1.34. The molecule has 8 aromatic rings. The van der Waals surface area contributed by atoms with E-state index in [2.05, 4.69) is 31.8 Å². The Morgan fingerprint density at radius 3 is 2.07 bits per heavy atom. The Morgan fingerprint density at radius 2 is 1.35 bits per heavy atom. The van der Waals surface area contributed by atoms with Gasteiger partial charge in [0.2, 0.25) is 0 Å². The summed E-state index contributed by atoms with van der Waals surface area (Å²) in [5.41, 5.74) is 2.97. The minimum Gasteiger partial charge on any atom is -0.507 e. The van der Waals surface area contributed by atoms with Gasteiger partial charge in [0, 0.05) is 36.7 Å². The summed E-state index contributed by atoms with van der Waals surface area (Å²) in [5.74, 6) is -0.509. The van der Waals surface area contributed by atoms with E-state index >= 15 is 0 Å². The van der Waals surface area contributed by atoms with Gasteiger partial charge in [-0.1, -0.05) is 146 Å². The summed E-state index contributed by atoms with van der Waals surface area (Å²) in [7, 11) is 0. The number of hydrogen-bond acceptors (Lipinski definition) is 3. The monoisotopic (exact) mass is 759 g/mol. The number of aromatic hydroxyl groups is 1. The third-order valence-corrected chi connectivity index (χ3v) is 10.2. The molecule has 4 heteroatoms. The van der Waals surface area contributed by atoms with E-state index in [1.165, 1.54) is 12.3 Å². The largest absolute Gasteiger partial charge is 0.507 e. The minimum atomic E-state index is -3.81. The summed E-state index contributed by atoms with van der Waals surface area (Å²) in [6.07, 6.45) is 1.42. The summed E-state index contributed by atoms with van der Waals surface area (Å²) >= 11 is 0. The number of pyridine rings is 1. The van der Waals surface area contributed by atoms with Gasteiger partial charge in [-0.15, -0.1) is 0 Å². The van der Waals surface area contributed by atoms with E-state index in [0.29, 0.717) is 28.2 Å². The first-order valence-electron chi connectivity index (χ1n) is 25.7. The van der Waals surface area contributed by atoms with Crippen LogP contribution < -0.4 is 0 Å². The highest BCUT2D eigenvalue weighted by molar-refractivity contribution is 5.97. The molecule has 0 atom stereocenters. The summed E-state index contributed by atoms with van der Waals surface area (Å²) in [6, 6.07) is 33.8. The number of hydrogen-bond donors (Lipinski definition) is 1. The number of phenolic OH excluding ortho intramolecular Hbond substituents is 1. The first-order chi connectivity index (χ1) is 33.0. The van der Waals surface area contributed by atoms with Gasteiger partial charge in [-0.3, -0.25) is 9.55 Å². The van der Waals surface area contributed by atoms with Crippen LogP contribution in [0.4, 0.5) is 0 Å². The SMILES string of the molecule is [2H]c1c([2H])c(C(C([2H])([2H])[2H])(C([2H])([2H])[2H])C([2H])([2H])[2H])c([2H])c([2H])c1-c1ccnc(-c2cc(-c3cccc4c3nc(-c3ccccc3O)n4-c3ccc(-c4ccccc4)c(C([2H])(C)C)c3)cc(C(C)(C)C)c2)c1. The summed E-state index contributed by atoms with van der Waals surface area (Å²) in [5, 5.41) is 11.3. The number of benzene rings is 6. The van der Waals surface area contributed by atoms with Gasteiger partial charge in [0.1, 0.15) is 11.6 Å². The van der Waals surface area contributed by atoms with Crippen LogP contribution in [-0.4, -0.2) is 19.6 Å². The molecule has 0 aliphatic heterocycles. The predicted molar refractivity (Wildman–Crippen MR) is 239 cm³/mol. The summed E-state index contributed by atoms with van der Waals surface area (Å²) < 4.78 is 121. The van der Waals surface area contributed by atoms with Crippen molar-refractivity contribution in [1.29, 1.82) is 0 Å². The van der Waals surface area contributed by atoms with Crippen LogP contribution in [-0.2, 0) is 10.8 Å². The van der Waals surface area contributed by atoms with Crippen molar-refractivity contribution in [2.45, 2.75) is 71.9 Å². The lowest BCUT2D eigenvalue weighted by Gasteiger charge is -2.22. The fourth-order valence-corrected chi connectivity index (χ4v) is 7.14. The zero-order chi connectivity index (χ0) is 52.0. The number of para-hydroxylation sites is 2. The normalized spacial score (nSPS) is 16.5. The van der Waals surface area contributed by atoms with Gasteiger partial charge >= 0.3 is 0 Å². The lowest BCUT2D eigenvalue weighted by atomic mass is 9.83. The molecule has 0 aliphatic rings. The smallest absolute Gasteiger partial charge is 0.149 e. The first kappa shape index (κ1) is 24.4. The molecule has 0 saturated heterocycles. The van der Waals surface area contributed by atoms with E-state index in [1.807, 2.05) is 103 Å². The van der Waals surface area contributed by atoms with Crippen molar-refractivity contribution in [1.82, 2.24) is 14.5 Å². The lowest BCUT2D eigenvalue weighted by molar-refractivity contribution is 0.477. The van der Waals surface area contributed by atoms with E-state index in [-0.39, 0.29) is 16.9 Å². The van der Waals surface area contributed by atoms with Crippen molar-refractivity contribution in [2.24, 2.45) is 0 Å². The zero-order valence-corrected chi connectivity index (χ0v) is 32.4. The Kier molecular flexibility index (Phi) is 6.28. The van der Waals surface area contributed by atoms with Crippen molar-refractivity contribution in [3.8, 4) is 67.5 Å². The second-order valence-corrected chi connectivity index (χ2v) is 15.5. The molecule has 6 aromatic carbocycles. The molecular weight excluding hydrogens is 695 g/mol. The maximum atomic E-state index is 11.3. The first-order valence-corrected chi connectivity index (χ1v) is 18.7. The zero-order valence-electron chi connectivity index (χ0n) is 46.4. The Hall–Kier alpha value is -6.26. The summed E-state index contributed by atoms with van der Waals surface area (Å²) in [6.45, 7) is -1.56. The number of phenols is 1. The molecule has 2 heterocycles. The number of aromatic nitrogens is 3. The van der Waals surface area contributed by atoms with Crippen LogP contribution in [0.25, 0.3) is 72.7 Å². The molecule has 0 spiro atoms. The topological polar surface area (TPSA) is 50.9 Å². The van der Waals surface area contributed by atoms with Crippen LogP contribution in [0.15, 0.2) is 152 Å². The Morgan fingerprint density at radius 1 is 0.632 bits per heavy atom. The van der Waals surface area contributed by atoms with Crippen LogP contribution >= 0.6 is 0 Å². The molecule has 0 aliphatic carbocycles. The van der Waals surface area contributed by atoms with E-state index in [0.717, 1.165) is 44.6 Å². The second-order valence-electron chi connectivity index (χ2n) is 15.5. The van der Waals surface area contributed by atoms with Crippen molar-refractivity contribution in [3.63, 3.8) is 0 Å². The van der Waals surface area contributed by atoms with Crippen LogP contribution in [0, 0.1) is 0 Å². The van der Waals surface area contributed by atoms with Gasteiger partial charge in [-0.25, -0.2) is 4.98 Å². The molecule has 284 valence electrons. The highest BCUT2D eigenvalue weighted by atomic mass is 16.3. The molecule has 0 unspecified atom stereocenters. The molecule has 8 rings (SSSR count). The van der Waals surface area contributed by atoms with Crippen molar-refractivity contribution >= 4 is 11.0 Å². The van der Waals surface area contributed by atoms with Crippen molar-refractivity contribution in [3.05, 3.63) is 168 Å². The third kappa shape index (κ3) is 7.40. The van der Waals surface area contributed by atoms with Gasteiger partial charge in [-0.05, 0) is 116 Å². The standard InChI is InChI=1S/C53H51N3O/c1-34(2)46-33-42(25-26-43(46)36-15-10-9-11-16-36)56-48-19-14-18-44(50(48)55-51(56)45-17-12-13-20-49(45)57)38-29-39(31-41(30-38)53(6,7)8)47-32-37(27-28-54-47)35-21-23-40(24-22-35)52(3,4)5/h9-34,57H,1-8H3/i3D3,4D3,5D3,21D,22D,23D,24D,34D. The van der Waals surface area contributed by atoms with Gasteiger partial charge in [0.25, 0.3) is 0 Å². The molecule has 0 amide bonds. The molecular formula is C53H51N3O. The summed E-state index contributed by atoms with van der Waals surface area (Å²) in [4.78, 5) is 9.96. The van der Waals surface area contributed by atoms with E-state index in [4.69, 9.17) is 22.8 Å². The number of imidazole rings is 1. The van der Waals surface area contributed by atoms with Crippen molar-refractivity contribution < 1.29 is 24.3 Å². The molecule has 0 fully saturated rings. The molecule has 1 N–H and O–H groups in total. The van der Waals surface area contributed by atoms with Crippen LogP contribution in [0.3, 0.4) is 0 Å². The fraction of sp³-hybridized carbons (Fsp3) is 0.208. The van der Waals surface area contributed by atoms with Gasteiger partial charge in [0.15, 0.2) is 0 Å². The van der Waals surface area contributed by atoms with E-state index in [9.17, 15) is 6.48 Å². The fourth-order valence-electron chi connectivity index (χ4n) is 7.14. The maximum Gasteiger partial charge on any atom is 0.149 e. The second kappa shape index (κ2) is 14.7. The number of fused-ring (bicyclic) bond motifs is 1. The number of rotatable bonds is 7.